The van der Waals surface area contributed by atoms with Crippen molar-refractivity contribution in [2.45, 2.75) is 114 Å². The van der Waals surface area contributed by atoms with E-state index < -0.39 is 6.67 Å². The van der Waals surface area contributed by atoms with Gasteiger partial charge in [-0.1, -0.05) is 30.9 Å². The van der Waals surface area contributed by atoms with Gasteiger partial charge in [0.1, 0.15) is 23.4 Å². The van der Waals surface area contributed by atoms with E-state index in [1.165, 1.54) is 5.57 Å². The van der Waals surface area contributed by atoms with Gasteiger partial charge in [-0.3, -0.25) is 14.0 Å². The largest absolute Gasteiger partial charge is 0.460 e. The van der Waals surface area contributed by atoms with Crippen LogP contribution in [0.1, 0.15) is 85.0 Å². The number of hydrogen-bond donors (Lipinski definition) is 1. The molecule has 0 aromatic rings. The maximum Gasteiger partial charge on any atom is 0.306 e. The van der Waals surface area contributed by atoms with Crippen molar-refractivity contribution in [1.29, 1.82) is 0 Å². The quantitative estimate of drug-likeness (QED) is 0.156. The number of nitrogens with one attached hydrogen (secondary N) is 1. The molecule has 8 heteroatoms. The summed E-state index contributed by atoms with van der Waals surface area (Å²) in [5, 5.41) is 2.71. The summed E-state index contributed by atoms with van der Waals surface area (Å²) in [4.78, 5) is 23.8. The van der Waals surface area contributed by atoms with E-state index in [1.807, 2.05) is 0 Å². The Morgan fingerprint density at radius 2 is 1.86 bits per heavy atom. The van der Waals surface area contributed by atoms with Crippen molar-refractivity contribution < 1.29 is 32.9 Å². The highest BCUT2D eigenvalue weighted by Crippen LogP contribution is 2.59. The number of esters is 1. The molecule has 1 saturated carbocycles. The zero-order valence-corrected chi connectivity index (χ0v) is 21.9. The maximum atomic E-state index is 12.6. The Labute approximate surface area is 209 Å². The minimum atomic E-state index is -0.618. The molecule has 7 nitrogen and oxygen atoms in total. The molecular formula is C27H44FNO6. The van der Waals surface area contributed by atoms with Crippen LogP contribution >= 0.6 is 0 Å². The number of epoxide rings is 2. The molecule has 1 spiro atoms. The van der Waals surface area contributed by atoms with Gasteiger partial charge in [0.25, 0.3) is 0 Å². The summed E-state index contributed by atoms with van der Waals surface area (Å²) in [7, 11) is 1.69. The van der Waals surface area contributed by atoms with E-state index in [0.29, 0.717) is 19.6 Å². The summed E-state index contributed by atoms with van der Waals surface area (Å²) < 4.78 is 36.1. The molecule has 6 atom stereocenters. The van der Waals surface area contributed by atoms with Crippen molar-refractivity contribution >= 4 is 11.9 Å². The molecule has 1 aliphatic carbocycles. The summed E-state index contributed by atoms with van der Waals surface area (Å²) in [6.45, 7) is 7.00. The predicted octanol–water partition coefficient (Wildman–Crippen LogP) is 4.42. The standard InChI is InChI=1S/C27H44FNO6/c1-19(2)11-12-21-26(3,35-21)25-24(32-4)20(13-15-27(25)18-33-27)34-23(31)10-8-6-5-7-9-17-29-22(30)14-16-28/h11,20-21,24-25H,5-10,12-18H2,1-4H3,(H,29,30)/t20?,21-,24?,25?,26-,27+/m1/s1. The second kappa shape index (κ2) is 12.6. The Hall–Kier alpha value is -1.51. The van der Waals surface area contributed by atoms with Crippen LogP contribution in [0.4, 0.5) is 4.39 Å². The molecule has 3 unspecified atom stereocenters. The lowest BCUT2D eigenvalue weighted by atomic mass is 9.68. The van der Waals surface area contributed by atoms with Crippen LogP contribution in [0.3, 0.4) is 0 Å². The molecule has 3 rings (SSSR count). The number of halogens is 1. The summed E-state index contributed by atoms with van der Waals surface area (Å²) in [6, 6.07) is 0. The third-order valence-electron chi connectivity index (χ3n) is 7.72. The fourth-order valence-electron chi connectivity index (χ4n) is 5.62. The number of amides is 1. The molecule has 0 aromatic carbocycles. The normalized spacial score (nSPS) is 33.3. The third kappa shape index (κ3) is 7.49. The van der Waals surface area contributed by atoms with Gasteiger partial charge in [0.05, 0.1) is 31.7 Å². The highest BCUT2D eigenvalue weighted by molar-refractivity contribution is 5.75. The van der Waals surface area contributed by atoms with Gasteiger partial charge in [-0.2, -0.15) is 0 Å². The molecule has 1 N–H and O–H groups in total. The van der Waals surface area contributed by atoms with Crippen LogP contribution in [0.25, 0.3) is 0 Å². The molecule has 3 fully saturated rings. The van der Waals surface area contributed by atoms with Gasteiger partial charge in [0, 0.05) is 20.1 Å². The monoisotopic (exact) mass is 497 g/mol. The van der Waals surface area contributed by atoms with Gasteiger partial charge in [0.2, 0.25) is 5.91 Å². The van der Waals surface area contributed by atoms with E-state index in [9.17, 15) is 14.0 Å². The van der Waals surface area contributed by atoms with Gasteiger partial charge < -0.3 is 24.3 Å². The van der Waals surface area contributed by atoms with Crippen molar-refractivity contribution in [3.05, 3.63) is 11.6 Å². The summed E-state index contributed by atoms with van der Waals surface area (Å²) in [6.07, 6.45) is 9.13. The van der Waals surface area contributed by atoms with Crippen molar-refractivity contribution in [1.82, 2.24) is 5.32 Å². The van der Waals surface area contributed by atoms with Crippen molar-refractivity contribution in [3.8, 4) is 0 Å². The number of carbonyl (C=O) groups is 2. The molecule has 2 heterocycles. The number of hydrogen-bond acceptors (Lipinski definition) is 6. The van der Waals surface area contributed by atoms with E-state index in [-0.39, 0.29) is 53.7 Å². The Morgan fingerprint density at radius 3 is 2.51 bits per heavy atom. The van der Waals surface area contributed by atoms with Crippen LogP contribution in [0.15, 0.2) is 11.6 Å². The Bertz CT molecular complexity index is 750. The van der Waals surface area contributed by atoms with Crippen LogP contribution < -0.4 is 5.32 Å². The van der Waals surface area contributed by atoms with Gasteiger partial charge in [0.15, 0.2) is 0 Å². The maximum absolute atomic E-state index is 12.6. The minimum Gasteiger partial charge on any atom is -0.460 e. The first kappa shape index (κ1) is 28.1. The Morgan fingerprint density at radius 1 is 1.14 bits per heavy atom. The Kier molecular flexibility index (Phi) is 10.1. The SMILES string of the molecule is COC1C(OC(=O)CCCCCCCNC(=O)CCF)CC[C@]2(CO2)C1[C@]1(C)O[C@@H]1CC=C(C)C. The highest BCUT2D eigenvalue weighted by atomic mass is 19.1. The lowest BCUT2D eigenvalue weighted by Gasteiger charge is -2.42. The number of alkyl halides is 1. The molecule has 35 heavy (non-hydrogen) atoms. The zero-order chi connectivity index (χ0) is 25.5. The van der Waals surface area contributed by atoms with Crippen LogP contribution in [0.2, 0.25) is 0 Å². The smallest absolute Gasteiger partial charge is 0.306 e. The lowest BCUT2D eigenvalue weighted by molar-refractivity contribution is -0.172. The Balaban J connectivity index is 1.40. The number of ether oxygens (including phenoxy) is 4. The van der Waals surface area contributed by atoms with E-state index in [0.717, 1.165) is 51.4 Å². The molecule has 2 saturated heterocycles. The fourth-order valence-corrected chi connectivity index (χ4v) is 5.62. The first-order valence-electron chi connectivity index (χ1n) is 13.3. The average molecular weight is 498 g/mol. The molecule has 1 amide bonds. The van der Waals surface area contributed by atoms with Crippen LogP contribution in [-0.2, 0) is 28.5 Å². The van der Waals surface area contributed by atoms with Gasteiger partial charge in [-0.05, 0) is 52.9 Å². The van der Waals surface area contributed by atoms with Gasteiger partial charge in [-0.25, -0.2) is 0 Å². The molecule has 2 aliphatic heterocycles. The van der Waals surface area contributed by atoms with Crippen LogP contribution in [0.5, 0.6) is 0 Å². The lowest BCUT2D eigenvalue weighted by Crippen LogP contribution is -2.55. The van der Waals surface area contributed by atoms with E-state index >= 15 is 0 Å². The van der Waals surface area contributed by atoms with Gasteiger partial charge in [-0.15, -0.1) is 0 Å². The molecule has 0 bridgehead atoms. The van der Waals surface area contributed by atoms with Crippen molar-refractivity contribution in [2.24, 2.45) is 5.92 Å². The molecular weight excluding hydrogens is 453 g/mol. The average Bonchev–Trinajstić information content (AvgIpc) is 3.72. The number of carbonyl (C=O) groups excluding carboxylic acids is 2. The van der Waals surface area contributed by atoms with E-state index in [2.05, 4.69) is 32.2 Å². The van der Waals surface area contributed by atoms with Crippen molar-refractivity contribution in [3.63, 3.8) is 0 Å². The molecule has 0 radical (unpaired) electrons. The highest BCUT2D eigenvalue weighted by Gasteiger charge is 2.72. The molecule has 200 valence electrons. The fraction of sp³-hybridized carbons (Fsp3) is 0.852. The van der Waals surface area contributed by atoms with E-state index in [4.69, 9.17) is 18.9 Å². The van der Waals surface area contributed by atoms with Crippen LogP contribution in [-0.4, -0.2) is 68.3 Å². The molecule has 3 aliphatic rings. The summed E-state index contributed by atoms with van der Waals surface area (Å²) >= 11 is 0. The van der Waals surface area contributed by atoms with Crippen molar-refractivity contribution in [2.75, 3.05) is 26.9 Å². The van der Waals surface area contributed by atoms with Crippen LogP contribution in [0, 0.1) is 5.92 Å². The van der Waals surface area contributed by atoms with Gasteiger partial charge >= 0.3 is 5.97 Å². The number of unbranched alkanes of at least 4 members (excludes halogenated alkanes) is 4. The number of rotatable bonds is 15. The number of methoxy groups -OCH3 is 1. The second-order valence-electron chi connectivity index (χ2n) is 10.7. The summed E-state index contributed by atoms with van der Waals surface area (Å²) in [5.41, 5.74) is 0.725. The topological polar surface area (TPSA) is 89.7 Å². The first-order chi connectivity index (χ1) is 16.8. The van der Waals surface area contributed by atoms with E-state index in [1.54, 1.807) is 7.11 Å². The minimum absolute atomic E-state index is 0.0347. The predicted molar refractivity (Wildman–Crippen MR) is 131 cm³/mol. The molecule has 0 aromatic heterocycles. The zero-order valence-electron chi connectivity index (χ0n) is 21.9. The second-order valence-corrected chi connectivity index (χ2v) is 10.7. The summed E-state index contributed by atoms with van der Waals surface area (Å²) in [5.74, 6) is -0.378. The third-order valence-corrected chi connectivity index (χ3v) is 7.72. The number of allylic oxidation sites excluding steroid dienone is 1. The first-order valence-corrected chi connectivity index (χ1v) is 13.3.